The Morgan fingerprint density at radius 2 is 2.00 bits per heavy atom. The van der Waals surface area contributed by atoms with Gasteiger partial charge in [-0.2, -0.15) is 0 Å². The van der Waals surface area contributed by atoms with E-state index in [9.17, 15) is 5.11 Å². The number of halogens is 1. The zero-order valence-electron chi connectivity index (χ0n) is 12.6. The highest BCUT2D eigenvalue weighted by atomic mass is 35.5. The Bertz CT molecular complexity index is 577. The van der Waals surface area contributed by atoms with E-state index in [1.54, 1.807) is 7.11 Å². The van der Waals surface area contributed by atoms with E-state index in [0.29, 0.717) is 24.5 Å². The van der Waals surface area contributed by atoms with Crippen molar-refractivity contribution in [3.8, 4) is 11.4 Å². The number of aliphatic hydroxyl groups excluding tert-OH is 1. The molecule has 0 aliphatic rings. The summed E-state index contributed by atoms with van der Waals surface area (Å²) in [6.07, 6.45) is 0.366. The number of nitrogens with zero attached hydrogens (tertiary/aromatic N) is 3. The molecule has 8 heteroatoms. The van der Waals surface area contributed by atoms with Crippen LogP contribution in [0.15, 0.2) is 29.4 Å². The number of methoxy groups -OCH3 is 1. The van der Waals surface area contributed by atoms with E-state index < -0.39 is 0 Å². The minimum atomic E-state index is -0.350. The zero-order valence-corrected chi connectivity index (χ0v) is 14.2. The molecule has 0 radical (unpaired) electrons. The van der Waals surface area contributed by atoms with Crippen molar-refractivity contribution >= 4 is 24.2 Å². The summed E-state index contributed by atoms with van der Waals surface area (Å²) in [5.74, 6) is 2.06. The van der Waals surface area contributed by atoms with E-state index in [4.69, 9.17) is 10.5 Å². The number of ether oxygens (including phenoxy) is 1. The van der Waals surface area contributed by atoms with Gasteiger partial charge in [-0.05, 0) is 30.7 Å². The van der Waals surface area contributed by atoms with Crippen molar-refractivity contribution in [1.29, 1.82) is 0 Å². The Kier molecular flexibility index (Phi) is 7.67. The molecule has 2 rings (SSSR count). The van der Waals surface area contributed by atoms with Crippen molar-refractivity contribution in [2.45, 2.75) is 31.1 Å². The Hall–Kier alpha value is -1.28. The fraction of sp³-hybridized carbons (Fsp3) is 0.429. The molecule has 0 bridgehead atoms. The first-order chi connectivity index (χ1) is 10.2. The molecule has 0 aliphatic heterocycles. The van der Waals surface area contributed by atoms with Crippen LogP contribution in [0.5, 0.6) is 5.75 Å². The Balaban J connectivity index is 0.00000242. The van der Waals surface area contributed by atoms with Crippen LogP contribution < -0.4 is 10.5 Å². The van der Waals surface area contributed by atoms with Crippen LogP contribution in [0.25, 0.3) is 5.69 Å². The number of hydrogen-bond donors (Lipinski definition) is 2. The molecule has 1 aromatic carbocycles. The predicted octanol–water partition coefficient (Wildman–Crippen LogP) is 2.02. The third kappa shape index (κ3) is 4.36. The van der Waals surface area contributed by atoms with Crippen LogP contribution in [-0.2, 0) is 6.54 Å². The normalized spacial score (nSPS) is 11.8. The molecular formula is C14H21ClN4O2S. The van der Waals surface area contributed by atoms with Crippen molar-refractivity contribution in [1.82, 2.24) is 14.8 Å². The summed E-state index contributed by atoms with van der Waals surface area (Å²) in [7, 11) is 1.63. The molecular weight excluding hydrogens is 324 g/mol. The Labute approximate surface area is 140 Å². The van der Waals surface area contributed by atoms with E-state index in [1.807, 2.05) is 35.8 Å². The molecule has 122 valence electrons. The summed E-state index contributed by atoms with van der Waals surface area (Å²) in [5.41, 5.74) is 6.66. The quantitative estimate of drug-likeness (QED) is 0.747. The molecule has 0 saturated carbocycles. The topological polar surface area (TPSA) is 86.2 Å². The maximum atomic E-state index is 9.69. The first-order valence-corrected chi connectivity index (χ1v) is 7.77. The summed E-state index contributed by atoms with van der Waals surface area (Å²) in [5, 5.41) is 18.7. The summed E-state index contributed by atoms with van der Waals surface area (Å²) in [6, 6.07) is 7.62. The van der Waals surface area contributed by atoms with Crippen molar-refractivity contribution in [3.05, 3.63) is 30.1 Å². The molecule has 0 aliphatic carbocycles. The van der Waals surface area contributed by atoms with Gasteiger partial charge in [0.05, 0.1) is 19.8 Å². The summed E-state index contributed by atoms with van der Waals surface area (Å²) in [6.45, 7) is 2.25. The van der Waals surface area contributed by atoms with Crippen molar-refractivity contribution in [2.75, 3.05) is 12.9 Å². The highest BCUT2D eigenvalue weighted by Crippen LogP contribution is 2.24. The van der Waals surface area contributed by atoms with Crippen LogP contribution >= 0.6 is 24.2 Å². The lowest BCUT2D eigenvalue weighted by Gasteiger charge is -2.11. The summed E-state index contributed by atoms with van der Waals surface area (Å²) in [4.78, 5) is 0. The minimum Gasteiger partial charge on any atom is -0.497 e. The highest BCUT2D eigenvalue weighted by Gasteiger charge is 2.14. The first-order valence-electron chi connectivity index (χ1n) is 6.79. The number of nitrogens with two attached hydrogens (primary N) is 1. The fourth-order valence-corrected chi connectivity index (χ4v) is 2.82. The van der Waals surface area contributed by atoms with Gasteiger partial charge in [-0.25, -0.2) is 0 Å². The van der Waals surface area contributed by atoms with Crippen LogP contribution in [0.4, 0.5) is 0 Å². The number of rotatable bonds is 7. The smallest absolute Gasteiger partial charge is 0.195 e. The van der Waals surface area contributed by atoms with Crippen LogP contribution in [0, 0.1) is 0 Å². The SMILES string of the molecule is CCC(O)CSc1nnc(CN)n1-c1ccc(OC)cc1.Cl. The van der Waals surface area contributed by atoms with Gasteiger partial charge < -0.3 is 15.6 Å². The van der Waals surface area contributed by atoms with Gasteiger partial charge in [0.1, 0.15) is 5.75 Å². The van der Waals surface area contributed by atoms with Gasteiger partial charge in [0.25, 0.3) is 0 Å². The number of hydrogen-bond acceptors (Lipinski definition) is 6. The van der Waals surface area contributed by atoms with Gasteiger partial charge >= 0.3 is 0 Å². The summed E-state index contributed by atoms with van der Waals surface area (Å²) >= 11 is 1.47. The number of aromatic nitrogens is 3. The first kappa shape index (κ1) is 18.8. The highest BCUT2D eigenvalue weighted by molar-refractivity contribution is 7.99. The molecule has 0 amide bonds. The standard InChI is InChI=1S/C14H20N4O2S.ClH/c1-3-11(19)9-21-14-17-16-13(8-15)18(14)10-4-6-12(20-2)7-5-10;/h4-7,11,19H,3,8-9,15H2,1-2H3;1H. The third-order valence-electron chi connectivity index (χ3n) is 3.09. The lowest BCUT2D eigenvalue weighted by atomic mass is 10.3. The molecule has 1 unspecified atom stereocenters. The lowest BCUT2D eigenvalue weighted by molar-refractivity contribution is 0.195. The number of aliphatic hydroxyl groups is 1. The molecule has 1 atom stereocenters. The fourth-order valence-electron chi connectivity index (χ4n) is 1.81. The van der Waals surface area contributed by atoms with E-state index in [2.05, 4.69) is 10.2 Å². The maximum absolute atomic E-state index is 9.69. The van der Waals surface area contributed by atoms with Gasteiger partial charge in [0.15, 0.2) is 11.0 Å². The minimum absolute atomic E-state index is 0. The largest absolute Gasteiger partial charge is 0.497 e. The second-order valence-electron chi connectivity index (χ2n) is 4.51. The van der Waals surface area contributed by atoms with Gasteiger partial charge in [0.2, 0.25) is 0 Å². The van der Waals surface area contributed by atoms with E-state index in [0.717, 1.165) is 16.6 Å². The summed E-state index contributed by atoms with van der Waals surface area (Å²) < 4.78 is 7.07. The predicted molar refractivity (Wildman–Crippen MR) is 90.1 cm³/mol. The van der Waals surface area contributed by atoms with E-state index in [1.165, 1.54) is 11.8 Å². The molecule has 0 spiro atoms. The van der Waals surface area contributed by atoms with Gasteiger partial charge in [-0.15, -0.1) is 22.6 Å². The van der Waals surface area contributed by atoms with E-state index in [-0.39, 0.29) is 18.5 Å². The molecule has 22 heavy (non-hydrogen) atoms. The third-order valence-corrected chi connectivity index (χ3v) is 4.16. The number of benzene rings is 1. The van der Waals surface area contributed by atoms with Crippen LogP contribution in [0.1, 0.15) is 19.2 Å². The molecule has 1 heterocycles. The maximum Gasteiger partial charge on any atom is 0.195 e. The average molecular weight is 345 g/mol. The average Bonchev–Trinajstić information content (AvgIpc) is 2.95. The molecule has 0 saturated heterocycles. The van der Waals surface area contributed by atoms with Crippen LogP contribution in [0.2, 0.25) is 0 Å². The second kappa shape index (κ2) is 8.99. The molecule has 0 fully saturated rings. The van der Waals surface area contributed by atoms with Gasteiger partial charge in [0, 0.05) is 11.4 Å². The van der Waals surface area contributed by atoms with Crippen molar-refractivity contribution in [2.24, 2.45) is 5.73 Å². The molecule has 1 aromatic heterocycles. The second-order valence-corrected chi connectivity index (χ2v) is 5.50. The monoisotopic (exact) mass is 344 g/mol. The van der Waals surface area contributed by atoms with Crippen LogP contribution in [-0.4, -0.2) is 38.8 Å². The van der Waals surface area contributed by atoms with Gasteiger partial charge in [-0.3, -0.25) is 4.57 Å². The lowest BCUT2D eigenvalue weighted by Crippen LogP contribution is -2.10. The Morgan fingerprint density at radius 1 is 1.32 bits per heavy atom. The van der Waals surface area contributed by atoms with Gasteiger partial charge in [-0.1, -0.05) is 18.7 Å². The number of thioether (sulfide) groups is 1. The van der Waals surface area contributed by atoms with Crippen LogP contribution in [0.3, 0.4) is 0 Å². The van der Waals surface area contributed by atoms with E-state index >= 15 is 0 Å². The molecule has 6 nitrogen and oxygen atoms in total. The Morgan fingerprint density at radius 3 is 2.55 bits per heavy atom. The molecule has 3 N–H and O–H groups in total. The van der Waals surface area contributed by atoms with Crippen molar-refractivity contribution in [3.63, 3.8) is 0 Å². The zero-order chi connectivity index (χ0) is 15.2. The van der Waals surface area contributed by atoms with Crippen molar-refractivity contribution < 1.29 is 9.84 Å². The molecule has 2 aromatic rings.